The summed E-state index contributed by atoms with van der Waals surface area (Å²) in [6.45, 7) is 6.50. The third-order valence-electron chi connectivity index (χ3n) is 3.30. The van der Waals surface area contributed by atoms with Gasteiger partial charge in [-0.3, -0.25) is 0 Å². The Morgan fingerprint density at radius 2 is 2.08 bits per heavy atom. The Morgan fingerprint density at radius 3 is 2.50 bits per heavy atom. The van der Waals surface area contributed by atoms with E-state index in [0.29, 0.717) is 12.0 Å². The molecular formula is C10H19NO. The van der Waals surface area contributed by atoms with Gasteiger partial charge in [0.05, 0.1) is 0 Å². The fraction of sp³-hybridized carbons (Fsp3) is 1.00. The molecule has 0 atom stereocenters. The summed E-state index contributed by atoms with van der Waals surface area (Å²) in [5, 5.41) is 8.88. The average Bonchev–Trinajstić information content (AvgIpc) is 2.67. The Balaban J connectivity index is 1.72. The molecule has 1 saturated carbocycles. The Bertz CT molecular complexity index is 159. The van der Waals surface area contributed by atoms with Crippen LogP contribution in [0.5, 0.6) is 0 Å². The van der Waals surface area contributed by atoms with Crippen molar-refractivity contribution in [2.75, 3.05) is 26.2 Å². The fourth-order valence-corrected chi connectivity index (χ4v) is 2.33. The molecule has 0 aromatic rings. The van der Waals surface area contributed by atoms with E-state index in [2.05, 4.69) is 11.8 Å². The molecule has 0 bridgehead atoms. The van der Waals surface area contributed by atoms with E-state index in [9.17, 15) is 0 Å². The molecule has 1 aliphatic heterocycles. The maximum Gasteiger partial charge on any atom is 0.0436 e. The predicted molar refractivity (Wildman–Crippen MR) is 49.0 cm³/mol. The average molecular weight is 169 g/mol. The van der Waals surface area contributed by atoms with Crippen molar-refractivity contribution in [1.82, 2.24) is 4.90 Å². The lowest BCUT2D eigenvalue weighted by Gasteiger charge is -2.39. The van der Waals surface area contributed by atoms with Crippen molar-refractivity contribution in [3.8, 4) is 0 Å². The molecule has 1 heterocycles. The zero-order valence-corrected chi connectivity index (χ0v) is 7.92. The van der Waals surface area contributed by atoms with Crippen LogP contribution in [0.4, 0.5) is 0 Å². The summed E-state index contributed by atoms with van der Waals surface area (Å²) >= 11 is 0. The molecule has 70 valence electrons. The fourth-order valence-electron chi connectivity index (χ4n) is 2.33. The normalized spacial score (nSPS) is 28.5. The Morgan fingerprint density at radius 1 is 1.42 bits per heavy atom. The van der Waals surface area contributed by atoms with E-state index in [1.807, 2.05) is 0 Å². The Kier molecular flexibility index (Phi) is 2.13. The summed E-state index contributed by atoms with van der Waals surface area (Å²) in [5.41, 5.74) is 0.537. The van der Waals surface area contributed by atoms with Gasteiger partial charge < -0.3 is 10.0 Å². The zero-order valence-electron chi connectivity index (χ0n) is 7.92. The first-order valence-corrected chi connectivity index (χ1v) is 5.07. The second-order valence-corrected chi connectivity index (χ2v) is 4.77. The number of aliphatic hydroxyl groups excluding tert-OH is 1. The van der Waals surface area contributed by atoms with E-state index in [1.165, 1.54) is 32.5 Å². The number of hydrogen-bond donors (Lipinski definition) is 1. The van der Waals surface area contributed by atoms with Gasteiger partial charge in [0, 0.05) is 26.2 Å². The van der Waals surface area contributed by atoms with Crippen LogP contribution in [0.3, 0.4) is 0 Å². The first kappa shape index (κ1) is 8.52. The van der Waals surface area contributed by atoms with Crippen molar-refractivity contribution in [3.05, 3.63) is 0 Å². The zero-order chi connectivity index (χ0) is 8.60. The molecule has 0 aromatic heterocycles. The molecule has 0 radical (unpaired) electrons. The lowest BCUT2D eigenvalue weighted by molar-refractivity contribution is 0.0784. The summed E-state index contributed by atoms with van der Waals surface area (Å²) < 4.78 is 0. The molecule has 1 N–H and O–H groups in total. The highest BCUT2D eigenvalue weighted by atomic mass is 16.3. The minimum atomic E-state index is 0.378. The predicted octanol–water partition coefficient (Wildman–Crippen LogP) is 1.10. The van der Waals surface area contributed by atoms with Crippen molar-refractivity contribution in [3.63, 3.8) is 0 Å². The first-order chi connectivity index (χ1) is 5.74. The molecule has 2 aliphatic rings. The van der Waals surface area contributed by atoms with Gasteiger partial charge in [-0.05, 0) is 30.6 Å². The quantitative estimate of drug-likeness (QED) is 0.681. The highest BCUT2D eigenvalue weighted by molar-refractivity contribution is 4.97. The molecule has 2 heteroatoms. The van der Waals surface area contributed by atoms with E-state index < -0.39 is 0 Å². The van der Waals surface area contributed by atoms with Gasteiger partial charge in [0.15, 0.2) is 0 Å². The largest absolute Gasteiger partial charge is 0.396 e. The number of nitrogens with zero attached hydrogens (tertiary/aromatic N) is 1. The van der Waals surface area contributed by atoms with Gasteiger partial charge in [0.2, 0.25) is 0 Å². The summed E-state index contributed by atoms with van der Waals surface area (Å²) in [5.74, 6) is 0.912. The molecule has 0 amide bonds. The second kappa shape index (κ2) is 3.00. The molecule has 1 aliphatic carbocycles. The highest BCUT2D eigenvalue weighted by Gasteiger charge is 2.44. The minimum Gasteiger partial charge on any atom is -0.396 e. The van der Waals surface area contributed by atoms with Gasteiger partial charge >= 0.3 is 0 Å². The van der Waals surface area contributed by atoms with Crippen molar-refractivity contribution < 1.29 is 5.11 Å². The molecule has 1 saturated heterocycles. The van der Waals surface area contributed by atoms with Crippen LogP contribution < -0.4 is 0 Å². The van der Waals surface area contributed by atoms with Crippen molar-refractivity contribution in [2.45, 2.75) is 26.2 Å². The molecule has 0 aromatic carbocycles. The summed E-state index contributed by atoms with van der Waals surface area (Å²) in [6.07, 6.45) is 3.72. The van der Waals surface area contributed by atoms with Crippen LogP contribution in [-0.2, 0) is 0 Å². The van der Waals surface area contributed by atoms with Crippen molar-refractivity contribution in [2.24, 2.45) is 11.3 Å². The van der Waals surface area contributed by atoms with Gasteiger partial charge in [-0.25, -0.2) is 0 Å². The maximum atomic E-state index is 8.88. The van der Waals surface area contributed by atoms with Gasteiger partial charge in [0.1, 0.15) is 0 Å². The van der Waals surface area contributed by atoms with E-state index in [-0.39, 0.29) is 0 Å². The number of likely N-dealkylation sites (tertiary alicyclic amines) is 1. The first-order valence-electron chi connectivity index (χ1n) is 5.07. The van der Waals surface area contributed by atoms with Gasteiger partial charge in [-0.1, -0.05) is 6.92 Å². The topological polar surface area (TPSA) is 23.5 Å². The highest BCUT2D eigenvalue weighted by Crippen LogP contribution is 2.49. The summed E-state index contributed by atoms with van der Waals surface area (Å²) in [6, 6.07) is 0. The van der Waals surface area contributed by atoms with Crippen LogP contribution in [0.15, 0.2) is 0 Å². The maximum absolute atomic E-state index is 8.88. The Labute approximate surface area is 74.6 Å². The van der Waals surface area contributed by atoms with Crippen LogP contribution >= 0.6 is 0 Å². The molecule has 0 unspecified atom stereocenters. The van der Waals surface area contributed by atoms with Crippen LogP contribution in [-0.4, -0.2) is 36.2 Å². The third kappa shape index (κ3) is 1.64. The van der Waals surface area contributed by atoms with Gasteiger partial charge in [0.25, 0.3) is 0 Å². The summed E-state index contributed by atoms with van der Waals surface area (Å²) in [4.78, 5) is 2.54. The standard InChI is InChI=1S/C10H19NO/c1-9-6-11(7-9)8-10(2-3-10)4-5-12/h9,12H,2-8H2,1H3. The minimum absolute atomic E-state index is 0.378. The van der Waals surface area contributed by atoms with Crippen LogP contribution in [0.1, 0.15) is 26.2 Å². The van der Waals surface area contributed by atoms with Gasteiger partial charge in [-0.15, -0.1) is 0 Å². The SMILES string of the molecule is CC1CN(CC2(CCO)CC2)C1. The third-order valence-corrected chi connectivity index (χ3v) is 3.30. The van der Waals surface area contributed by atoms with E-state index in [1.54, 1.807) is 0 Å². The molecule has 2 fully saturated rings. The van der Waals surface area contributed by atoms with E-state index in [0.717, 1.165) is 12.3 Å². The molecule has 2 rings (SSSR count). The molecular weight excluding hydrogens is 150 g/mol. The van der Waals surface area contributed by atoms with Crippen LogP contribution in [0.25, 0.3) is 0 Å². The number of aliphatic hydroxyl groups is 1. The van der Waals surface area contributed by atoms with Crippen molar-refractivity contribution >= 4 is 0 Å². The van der Waals surface area contributed by atoms with E-state index in [4.69, 9.17) is 5.11 Å². The monoisotopic (exact) mass is 169 g/mol. The van der Waals surface area contributed by atoms with Gasteiger partial charge in [-0.2, -0.15) is 0 Å². The number of rotatable bonds is 4. The van der Waals surface area contributed by atoms with Crippen molar-refractivity contribution in [1.29, 1.82) is 0 Å². The second-order valence-electron chi connectivity index (χ2n) is 4.77. The molecule has 12 heavy (non-hydrogen) atoms. The summed E-state index contributed by atoms with van der Waals surface area (Å²) in [7, 11) is 0. The Hall–Kier alpha value is -0.0800. The van der Waals surface area contributed by atoms with Crippen LogP contribution in [0, 0.1) is 11.3 Å². The van der Waals surface area contributed by atoms with Crippen LogP contribution in [0.2, 0.25) is 0 Å². The van der Waals surface area contributed by atoms with E-state index >= 15 is 0 Å². The lowest BCUT2D eigenvalue weighted by atomic mass is 9.96. The molecule has 2 nitrogen and oxygen atoms in total. The number of hydrogen-bond acceptors (Lipinski definition) is 2. The smallest absolute Gasteiger partial charge is 0.0436 e. The lowest BCUT2D eigenvalue weighted by Crippen LogP contribution is -2.47. The molecule has 0 spiro atoms.